The number of benzene rings is 6. The predicted molar refractivity (Wildman–Crippen MR) is 172 cm³/mol. The van der Waals surface area contributed by atoms with Crippen LogP contribution in [0, 0.1) is 0 Å². The highest BCUT2D eigenvalue weighted by atomic mass is 15.2. The molecular weight excluding hydrogens is 514 g/mol. The number of nitrogens with one attached hydrogen (secondary N) is 1. The fourth-order valence-corrected chi connectivity index (χ4v) is 6.36. The molecule has 0 radical (unpaired) electrons. The van der Waals surface area contributed by atoms with Gasteiger partial charge in [0.2, 0.25) is 5.95 Å². The number of para-hydroxylation sites is 2. The number of aromatic amines is 1. The number of hydrogen-bond acceptors (Lipinski definition) is 3. The summed E-state index contributed by atoms with van der Waals surface area (Å²) in [6, 6.07) is 46.0. The van der Waals surface area contributed by atoms with Gasteiger partial charge in [-0.3, -0.25) is 4.57 Å². The topological polar surface area (TPSA) is 59.4 Å². The van der Waals surface area contributed by atoms with E-state index in [9.17, 15) is 0 Å². The van der Waals surface area contributed by atoms with Gasteiger partial charge in [0.1, 0.15) is 0 Å². The molecule has 5 heteroatoms. The Morgan fingerprint density at radius 2 is 1.00 bits per heavy atom. The summed E-state index contributed by atoms with van der Waals surface area (Å²) in [7, 11) is 0. The molecule has 3 heterocycles. The molecule has 5 nitrogen and oxygen atoms in total. The van der Waals surface area contributed by atoms with Gasteiger partial charge in [0.15, 0.2) is 11.6 Å². The average Bonchev–Trinajstić information content (AvgIpc) is 3.62. The minimum Gasteiger partial charge on any atom is -0.354 e. The Bertz CT molecular complexity index is 2400. The molecule has 9 rings (SSSR count). The monoisotopic (exact) mass is 537 g/mol. The van der Waals surface area contributed by atoms with E-state index in [0.29, 0.717) is 17.6 Å². The highest BCUT2D eigenvalue weighted by Gasteiger charge is 2.23. The number of H-pyrrole nitrogens is 1. The van der Waals surface area contributed by atoms with Gasteiger partial charge in [0.05, 0.1) is 16.6 Å². The Labute approximate surface area is 240 Å². The molecule has 0 atom stereocenters. The normalized spacial score (nSPS) is 11.8. The lowest BCUT2D eigenvalue weighted by molar-refractivity contribution is 0.955. The van der Waals surface area contributed by atoms with E-state index in [0.717, 1.165) is 44.0 Å². The van der Waals surface area contributed by atoms with Gasteiger partial charge in [0, 0.05) is 49.0 Å². The first-order chi connectivity index (χ1) is 20.8. The van der Waals surface area contributed by atoms with Crippen LogP contribution in [-0.2, 0) is 0 Å². The van der Waals surface area contributed by atoms with Crippen molar-refractivity contribution in [1.29, 1.82) is 0 Å². The molecule has 0 aliphatic rings. The first-order valence-corrected chi connectivity index (χ1v) is 14.1. The molecule has 0 aliphatic heterocycles. The molecule has 0 amide bonds. The summed E-state index contributed by atoms with van der Waals surface area (Å²) in [5.41, 5.74) is 6.31. The summed E-state index contributed by atoms with van der Waals surface area (Å²) in [5, 5.41) is 7.09. The molecule has 196 valence electrons. The van der Waals surface area contributed by atoms with Crippen molar-refractivity contribution < 1.29 is 0 Å². The first-order valence-electron chi connectivity index (χ1n) is 14.1. The maximum atomic E-state index is 5.14. The van der Waals surface area contributed by atoms with Gasteiger partial charge >= 0.3 is 0 Å². The van der Waals surface area contributed by atoms with Gasteiger partial charge in [-0.2, -0.15) is 9.97 Å². The van der Waals surface area contributed by atoms with Crippen molar-refractivity contribution in [2.75, 3.05) is 0 Å². The van der Waals surface area contributed by atoms with E-state index in [-0.39, 0.29) is 0 Å². The van der Waals surface area contributed by atoms with E-state index >= 15 is 0 Å². The van der Waals surface area contributed by atoms with E-state index < -0.39 is 0 Å². The summed E-state index contributed by atoms with van der Waals surface area (Å²) >= 11 is 0. The summed E-state index contributed by atoms with van der Waals surface area (Å²) in [4.78, 5) is 19.0. The molecule has 0 bridgehead atoms. The van der Waals surface area contributed by atoms with Gasteiger partial charge in [-0.05, 0) is 12.1 Å². The van der Waals surface area contributed by atoms with Crippen molar-refractivity contribution in [1.82, 2.24) is 24.5 Å². The highest BCUT2D eigenvalue weighted by Crippen LogP contribution is 2.44. The largest absolute Gasteiger partial charge is 0.354 e. The van der Waals surface area contributed by atoms with Gasteiger partial charge in [-0.15, -0.1) is 0 Å². The van der Waals surface area contributed by atoms with Crippen LogP contribution in [0.5, 0.6) is 0 Å². The van der Waals surface area contributed by atoms with Crippen LogP contribution < -0.4 is 0 Å². The number of fused-ring (bicyclic) bond motifs is 10. The van der Waals surface area contributed by atoms with Crippen LogP contribution in [0.2, 0.25) is 0 Å². The molecule has 1 N–H and O–H groups in total. The minimum atomic E-state index is 0.596. The summed E-state index contributed by atoms with van der Waals surface area (Å²) in [6.45, 7) is 0. The standard InChI is InChI=1S/C37H23N5/c1-3-13-23(14-4-1)35-39-36(24-15-5-2-6-16-24)41-37(40-35)42-30-22-12-10-20-28(30)32-31-27-19-9-11-21-29(27)38-33(31)25-17-7-8-18-26(25)34(32)42/h1-22,38H. The van der Waals surface area contributed by atoms with E-state index in [4.69, 9.17) is 15.0 Å². The molecule has 3 aromatic heterocycles. The van der Waals surface area contributed by atoms with Crippen LogP contribution in [0.1, 0.15) is 0 Å². The Morgan fingerprint density at radius 1 is 0.452 bits per heavy atom. The minimum absolute atomic E-state index is 0.596. The van der Waals surface area contributed by atoms with Crippen LogP contribution in [0.25, 0.3) is 83.1 Å². The van der Waals surface area contributed by atoms with Crippen LogP contribution >= 0.6 is 0 Å². The number of nitrogens with zero attached hydrogens (tertiary/aromatic N) is 4. The molecule has 0 fully saturated rings. The van der Waals surface area contributed by atoms with Crippen molar-refractivity contribution >= 4 is 54.4 Å². The smallest absolute Gasteiger partial charge is 0.238 e. The molecular formula is C37H23N5. The SMILES string of the molecule is c1ccc(-c2nc(-c3ccccc3)nc(-n3c4ccccc4c4c5c6ccccc6[nH]c5c5ccccc5c43)n2)cc1. The van der Waals surface area contributed by atoms with E-state index in [1.54, 1.807) is 0 Å². The second kappa shape index (κ2) is 8.85. The lowest BCUT2D eigenvalue weighted by Crippen LogP contribution is -2.06. The zero-order valence-corrected chi connectivity index (χ0v) is 22.5. The fraction of sp³-hybridized carbons (Fsp3) is 0. The van der Waals surface area contributed by atoms with Gasteiger partial charge in [-0.1, -0.05) is 121 Å². The first kappa shape index (κ1) is 22.9. The molecule has 9 aromatic rings. The predicted octanol–water partition coefficient (Wildman–Crippen LogP) is 9.09. The summed E-state index contributed by atoms with van der Waals surface area (Å²) in [6.07, 6.45) is 0. The maximum absolute atomic E-state index is 5.14. The lowest BCUT2D eigenvalue weighted by atomic mass is 9.99. The second-order valence-electron chi connectivity index (χ2n) is 10.6. The lowest BCUT2D eigenvalue weighted by Gasteiger charge is -2.12. The van der Waals surface area contributed by atoms with Crippen LogP contribution in [-0.4, -0.2) is 24.5 Å². The highest BCUT2D eigenvalue weighted by molar-refractivity contribution is 6.36. The van der Waals surface area contributed by atoms with E-state index in [1.807, 2.05) is 60.7 Å². The molecule has 6 aromatic carbocycles. The maximum Gasteiger partial charge on any atom is 0.238 e. The molecule has 42 heavy (non-hydrogen) atoms. The molecule has 0 saturated heterocycles. The fourth-order valence-electron chi connectivity index (χ4n) is 6.36. The average molecular weight is 538 g/mol. The molecule has 0 unspecified atom stereocenters. The Balaban J connectivity index is 1.50. The quantitative estimate of drug-likeness (QED) is 0.244. The third-order valence-electron chi connectivity index (χ3n) is 8.17. The van der Waals surface area contributed by atoms with Crippen LogP contribution in [0.3, 0.4) is 0 Å². The Hall–Kier alpha value is -5.81. The van der Waals surface area contributed by atoms with E-state index in [2.05, 4.69) is 82.3 Å². The number of aromatic nitrogens is 5. The Morgan fingerprint density at radius 3 is 1.69 bits per heavy atom. The van der Waals surface area contributed by atoms with Crippen LogP contribution in [0.15, 0.2) is 133 Å². The molecule has 0 saturated carbocycles. The van der Waals surface area contributed by atoms with Gasteiger partial charge in [-0.25, -0.2) is 4.98 Å². The van der Waals surface area contributed by atoms with Crippen molar-refractivity contribution in [2.45, 2.75) is 0 Å². The molecule has 0 aliphatic carbocycles. The number of rotatable bonds is 3. The van der Waals surface area contributed by atoms with Crippen molar-refractivity contribution in [3.05, 3.63) is 133 Å². The van der Waals surface area contributed by atoms with Gasteiger partial charge in [0.25, 0.3) is 0 Å². The van der Waals surface area contributed by atoms with Crippen LogP contribution in [0.4, 0.5) is 0 Å². The zero-order valence-electron chi connectivity index (χ0n) is 22.5. The summed E-state index contributed by atoms with van der Waals surface area (Å²) in [5.74, 6) is 1.88. The van der Waals surface area contributed by atoms with Crippen molar-refractivity contribution in [3.63, 3.8) is 0 Å². The number of hydrogen-bond donors (Lipinski definition) is 1. The Kier molecular flexibility index (Phi) is 4.83. The van der Waals surface area contributed by atoms with Crippen molar-refractivity contribution in [3.8, 4) is 28.7 Å². The summed E-state index contributed by atoms with van der Waals surface area (Å²) < 4.78 is 2.23. The van der Waals surface area contributed by atoms with E-state index in [1.165, 1.54) is 21.5 Å². The van der Waals surface area contributed by atoms with Crippen molar-refractivity contribution in [2.24, 2.45) is 0 Å². The molecule has 0 spiro atoms. The zero-order chi connectivity index (χ0) is 27.6. The van der Waals surface area contributed by atoms with Gasteiger partial charge < -0.3 is 4.98 Å². The third-order valence-corrected chi connectivity index (χ3v) is 8.17. The third kappa shape index (κ3) is 3.28. The second-order valence-corrected chi connectivity index (χ2v) is 10.6.